The number of hydrogen-bond donors (Lipinski definition) is 2. The van der Waals surface area contributed by atoms with Gasteiger partial charge in [0.25, 0.3) is 5.91 Å². The molecule has 0 atom stereocenters. The number of hydrogen-bond acceptors (Lipinski definition) is 7. The van der Waals surface area contributed by atoms with E-state index in [4.69, 9.17) is 4.74 Å². The molecule has 4 rings (SSSR count). The molecular formula is C26H26N6O2S. The molecule has 4 aromatic rings. The van der Waals surface area contributed by atoms with Crippen molar-refractivity contribution in [2.24, 2.45) is 5.10 Å². The SMILES string of the molecule is C=CCn1c(CNc2cccc3ccccc23)nnc1SCC(=O)NN=Cc1cccc(OC)c1. The first kappa shape index (κ1) is 24.0. The first-order chi connectivity index (χ1) is 17.2. The van der Waals surface area contributed by atoms with Crippen LogP contribution in [0.1, 0.15) is 11.4 Å². The van der Waals surface area contributed by atoms with Crippen molar-refractivity contribution < 1.29 is 9.53 Å². The number of nitrogens with zero attached hydrogens (tertiary/aromatic N) is 4. The molecule has 0 unspecified atom stereocenters. The molecular weight excluding hydrogens is 460 g/mol. The number of thioether (sulfide) groups is 1. The molecule has 0 bridgehead atoms. The summed E-state index contributed by atoms with van der Waals surface area (Å²) in [5.41, 5.74) is 4.39. The summed E-state index contributed by atoms with van der Waals surface area (Å²) in [5, 5.41) is 19.1. The van der Waals surface area contributed by atoms with E-state index in [1.807, 2.05) is 53.1 Å². The third-order valence-corrected chi connectivity index (χ3v) is 6.13. The predicted octanol–water partition coefficient (Wildman–Crippen LogP) is 4.48. The number of carbonyl (C=O) groups is 1. The average Bonchev–Trinajstić information content (AvgIpc) is 3.27. The number of aromatic nitrogens is 3. The molecule has 1 aromatic heterocycles. The van der Waals surface area contributed by atoms with E-state index in [1.165, 1.54) is 17.1 Å². The van der Waals surface area contributed by atoms with Gasteiger partial charge in [-0.05, 0) is 29.1 Å². The normalized spacial score (nSPS) is 11.0. The van der Waals surface area contributed by atoms with E-state index in [2.05, 4.69) is 50.8 Å². The van der Waals surface area contributed by atoms with E-state index in [0.717, 1.165) is 28.2 Å². The van der Waals surface area contributed by atoms with Crippen LogP contribution in [-0.4, -0.2) is 39.7 Å². The highest BCUT2D eigenvalue weighted by molar-refractivity contribution is 7.99. The molecule has 0 aliphatic rings. The smallest absolute Gasteiger partial charge is 0.250 e. The molecule has 178 valence electrons. The molecule has 0 aliphatic carbocycles. The van der Waals surface area contributed by atoms with Gasteiger partial charge >= 0.3 is 0 Å². The van der Waals surface area contributed by atoms with Crippen LogP contribution in [-0.2, 0) is 17.9 Å². The highest BCUT2D eigenvalue weighted by atomic mass is 32.2. The van der Waals surface area contributed by atoms with Gasteiger partial charge in [0.2, 0.25) is 0 Å². The number of nitrogens with one attached hydrogen (secondary N) is 2. The monoisotopic (exact) mass is 486 g/mol. The van der Waals surface area contributed by atoms with Crippen LogP contribution in [0.3, 0.4) is 0 Å². The Bertz CT molecular complexity index is 1350. The number of benzene rings is 3. The predicted molar refractivity (Wildman–Crippen MR) is 141 cm³/mol. The van der Waals surface area contributed by atoms with Gasteiger partial charge < -0.3 is 14.6 Å². The van der Waals surface area contributed by atoms with Gasteiger partial charge in [-0.25, -0.2) is 5.43 Å². The zero-order valence-electron chi connectivity index (χ0n) is 19.3. The molecule has 3 aromatic carbocycles. The topological polar surface area (TPSA) is 93.4 Å². The van der Waals surface area contributed by atoms with Crippen LogP contribution >= 0.6 is 11.8 Å². The Morgan fingerprint density at radius 1 is 1.14 bits per heavy atom. The lowest BCUT2D eigenvalue weighted by molar-refractivity contribution is -0.118. The molecule has 9 heteroatoms. The van der Waals surface area contributed by atoms with E-state index in [9.17, 15) is 4.79 Å². The maximum absolute atomic E-state index is 12.3. The molecule has 8 nitrogen and oxygen atoms in total. The fraction of sp³-hybridized carbons (Fsp3) is 0.154. The molecule has 35 heavy (non-hydrogen) atoms. The molecule has 1 amide bonds. The van der Waals surface area contributed by atoms with Crippen molar-refractivity contribution in [3.63, 3.8) is 0 Å². The first-order valence-electron chi connectivity index (χ1n) is 11.0. The summed E-state index contributed by atoms with van der Waals surface area (Å²) in [6.07, 6.45) is 3.36. The minimum Gasteiger partial charge on any atom is -0.497 e. The Labute approximate surface area is 208 Å². The van der Waals surface area contributed by atoms with E-state index in [-0.39, 0.29) is 11.7 Å². The number of allylic oxidation sites excluding steroid dienone is 1. The van der Waals surface area contributed by atoms with Gasteiger partial charge in [0.15, 0.2) is 11.0 Å². The molecule has 0 saturated heterocycles. The number of anilines is 1. The largest absolute Gasteiger partial charge is 0.497 e. The second kappa shape index (κ2) is 11.8. The summed E-state index contributed by atoms with van der Waals surface area (Å²) in [6.45, 7) is 4.87. The molecule has 1 heterocycles. The van der Waals surface area contributed by atoms with Crippen molar-refractivity contribution in [2.45, 2.75) is 18.2 Å². The molecule has 0 fully saturated rings. The zero-order valence-corrected chi connectivity index (χ0v) is 20.2. The Kier molecular flexibility index (Phi) is 8.13. The summed E-state index contributed by atoms with van der Waals surface area (Å²) >= 11 is 1.30. The number of carbonyl (C=O) groups excluding carboxylic acids is 1. The Hall–Kier alpha value is -4.11. The summed E-state index contributed by atoms with van der Waals surface area (Å²) in [7, 11) is 1.60. The van der Waals surface area contributed by atoms with Crippen LogP contribution in [0.5, 0.6) is 5.75 Å². The maximum atomic E-state index is 12.3. The van der Waals surface area contributed by atoms with Crippen molar-refractivity contribution in [1.29, 1.82) is 0 Å². The molecule has 2 N–H and O–H groups in total. The minimum absolute atomic E-state index is 0.154. The van der Waals surface area contributed by atoms with E-state index in [1.54, 1.807) is 19.4 Å². The second-order valence-electron chi connectivity index (χ2n) is 7.54. The quantitative estimate of drug-likeness (QED) is 0.141. The van der Waals surface area contributed by atoms with Gasteiger partial charge in [-0.2, -0.15) is 5.10 Å². The molecule has 0 radical (unpaired) electrons. The van der Waals surface area contributed by atoms with Crippen molar-refractivity contribution >= 4 is 40.3 Å². The number of ether oxygens (including phenoxy) is 1. The summed E-state index contributed by atoms with van der Waals surface area (Å²) in [5.74, 6) is 1.40. The fourth-order valence-electron chi connectivity index (χ4n) is 3.49. The van der Waals surface area contributed by atoms with Crippen LogP contribution in [0.15, 0.2) is 89.6 Å². The van der Waals surface area contributed by atoms with Gasteiger partial charge in [-0.3, -0.25) is 4.79 Å². The molecule has 0 aliphatic heterocycles. The first-order valence-corrected chi connectivity index (χ1v) is 12.0. The van der Waals surface area contributed by atoms with Crippen LogP contribution < -0.4 is 15.5 Å². The Balaban J connectivity index is 1.36. The molecule has 0 saturated carbocycles. The highest BCUT2D eigenvalue weighted by Gasteiger charge is 2.14. The van der Waals surface area contributed by atoms with Crippen LogP contribution in [0.2, 0.25) is 0 Å². The van der Waals surface area contributed by atoms with E-state index in [0.29, 0.717) is 18.2 Å². The second-order valence-corrected chi connectivity index (χ2v) is 8.48. The zero-order chi connectivity index (χ0) is 24.5. The number of hydrazone groups is 1. The van der Waals surface area contributed by atoms with Crippen molar-refractivity contribution in [3.05, 3.63) is 90.8 Å². The minimum atomic E-state index is -0.238. The maximum Gasteiger partial charge on any atom is 0.250 e. The van der Waals surface area contributed by atoms with Gasteiger partial charge in [0.1, 0.15) is 5.75 Å². The third kappa shape index (κ3) is 6.27. The van der Waals surface area contributed by atoms with Crippen molar-refractivity contribution in [1.82, 2.24) is 20.2 Å². The standard InChI is InChI=1S/C26H26N6O2S/c1-3-14-32-24(17-27-23-13-7-10-20-9-4-5-12-22(20)23)29-31-26(32)35-18-25(33)30-28-16-19-8-6-11-21(15-19)34-2/h3-13,15-16,27H,1,14,17-18H2,2H3,(H,30,33). The summed E-state index contributed by atoms with van der Waals surface area (Å²) < 4.78 is 7.13. The van der Waals surface area contributed by atoms with E-state index >= 15 is 0 Å². The van der Waals surface area contributed by atoms with Gasteiger partial charge in [-0.1, -0.05) is 66.4 Å². The van der Waals surface area contributed by atoms with Crippen LogP contribution in [0.4, 0.5) is 5.69 Å². The average molecular weight is 487 g/mol. The summed E-state index contributed by atoms with van der Waals surface area (Å²) in [4.78, 5) is 12.3. The fourth-order valence-corrected chi connectivity index (χ4v) is 4.24. The lowest BCUT2D eigenvalue weighted by Crippen LogP contribution is -2.20. The number of amides is 1. The van der Waals surface area contributed by atoms with Gasteiger partial charge in [0, 0.05) is 17.6 Å². The van der Waals surface area contributed by atoms with Crippen molar-refractivity contribution in [2.75, 3.05) is 18.2 Å². The lowest BCUT2D eigenvalue weighted by Gasteiger charge is -2.11. The van der Waals surface area contributed by atoms with Gasteiger partial charge in [0.05, 0.1) is 25.6 Å². The number of rotatable bonds is 11. The van der Waals surface area contributed by atoms with Crippen LogP contribution in [0.25, 0.3) is 10.8 Å². The van der Waals surface area contributed by atoms with Gasteiger partial charge in [-0.15, -0.1) is 16.8 Å². The highest BCUT2D eigenvalue weighted by Crippen LogP contribution is 2.24. The number of fused-ring (bicyclic) bond motifs is 1. The third-order valence-electron chi connectivity index (χ3n) is 5.16. The lowest BCUT2D eigenvalue weighted by atomic mass is 10.1. The molecule has 0 spiro atoms. The van der Waals surface area contributed by atoms with Crippen molar-refractivity contribution in [3.8, 4) is 5.75 Å². The number of methoxy groups -OCH3 is 1. The van der Waals surface area contributed by atoms with E-state index < -0.39 is 0 Å². The Morgan fingerprint density at radius 2 is 1.97 bits per heavy atom. The summed E-state index contributed by atoms with van der Waals surface area (Å²) in [6, 6.07) is 21.8. The van der Waals surface area contributed by atoms with Crippen LogP contribution in [0, 0.1) is 0 Å². The Morgan fingerprint density at radius 3 is 2.83 bits per heavy atom.